The number of aromatic nitrogens is 3. The van der Waals surface area contributed by atoms with Crippen molar-refractivity contribution in [2.24, 2.45) is 0 Å². The van der Waals surface area contributed by atoms with E-state index in [2.05, 4.69) is 20.5 Å². The van der Waals surface area contributed by atoms with Crippen LogP contribution in [0.2, 0.25) is 0 Å². The van der Waals surface area contributed by atoms with Gasteiger partial charge < -0.3 is 15.0 Å². The lowest BCUT2D eigenvalue weighted by Gasteiger charge is -2.31. The number of amides is 1. The number of rotatable bonds is 6. The minimum Gasteiger partial charge on any atom is -0.497 e. The minimum atomic E-state index is -3.64. The fourth-order valence-electron chi connectivity index (χ4n) is 3.63. The second-order valence-electron chi connectivity index (χ2n) is 7.83. The van der Waals surface area contributed by atoms with Crippen molar-refractivity contribution in [3.63, 3.8) is 0 Å². The van der Waals surface area contributed by atoms with Gasteiger partial charge in [-0.3, -0.25) is 4.79 Å². The monoisotopic (exact) mass is 470 g/mol. The molecule has 11 heteroatoms. The average Bonchev–Trinajstić information content (AvgIpc) is 3.21. The molecule has 1 aromatic heterocycles. The molecule has 0 aliphatic carbocycles. The van der Waals surface area contributed by atoms with Crippen molar-refractivity contribution >= 4 is 21.6 Å². The molecule has 0 atom stereocenters. The number of likely N-dealkylation sites (N-methyl/N-ethyl adjacent to an activating group) is 1. The summed E-state index contributed by atoms with van der Waals surface area (Å²) in [5.41, 5.74) is 1.76. The zero-order valence-corrected chi connectivity index (χ0v) is 19.5. The van der Waals surface area contributed by atoms with Gasteiger partial charge in [0.05, 0.1) is 23.4 Å². The largest absolute Gasteiger partial charge is 0.497 e. The second kappa shape index (κ2) is 9.30. The Morgan fingerprint density at radius 1 is 1.06 bits per heavy atom. The molecule has 1 aliphatic heterocycles. The lowest BCUT2D eigenvalue weighted by Crippen LogP contribution is -2.47. The Morgan fingerprint density at radius 2 is 1.79 bits per heavy atom. The molecule has 1 N–H and O–H groups in total. The van der Waals surface area contributed by atoms with Gasteiger partial charge in [0.15, 0.2) is 5.69 Å². The standard InChI is InChI=1S/C22H26N6O4S/c1-16-21(24-25-28(16)18-7-5-8-19(15-18)32-3)22(29)23-17-6-4-9-20(14-17)33(30,31)27-12-10-26(2)11-13-27/h4-9,14-15H,10-13H2,1-3H3,(H,23,29). The number of carbonyl (C=O) groups is 1. The first-order valence-electron chi connectivity index (χ1n) is 10.5. The molecule has 1 saturated heterocycles. The van der Waals surface area contributed by atoms with E-state index in [9.17, 15) is 13.2 Å². The molecular formula is C22H26N6O4S. The van der Waals surface area contributed by atoms with Gasteiger partial charge in [-0.15, -0.1) is 5.10 Å². The summed E-state index contributed by atoms with van der Waals surface area (Å²) >= 11 is 0. The van der Waals surface area contributed by atoms with Crippen LogP contribution in [0.5, 0.6) is 5.75 Å². The summed E-state index contributed by atoms with van der Waals surface area (Å²) in [4.78, 5) is 15.1. The van der Waals surface area contributed by atoms with Gasteiger partial charge in [0.1, 0.15) is 5.75 Å². The number of anilines is 1. The molecule has 1 aliphatic rings. The maximum atomic E-state index is 13.0. The first-order chi connectivity index (χ1) is 15.8. The predicted molar refractivity (Wildman–Crippen MR) is 123 cm³/mol. The summed E-state index contributed by atoms with van der Waals surface area (Å²) in [6, 6.07) is 13.5. The van der Waals surface area contributed by atoms with Gasteiger partial charge in [0.2, 0.25) is 10.0 Å². The van der Waals surface area contributed by atoms with E-state index < -0.39 is 15.9 Å². The highest BCUT2D eigenvalue weighted by Gasteiger charge is 2.28. The molecule has 0 radical (unpaired) electrons. The number of nitrogens with zero attached hydrogens (tertiary/aromatic N) is 5. The Morgan fingerprint density at radius 3 is 2.52 bits per heavy atom. The number of nitrogens with one attached hydrogen (secondary N) is 1. The van der Waals surface area contributed by atoms with E-state index >= 15 is 0 Å². The number of sulfonamides is 1. The van der Waals surface area contributed by atoms with Gasteiger partial charge in [-0.25, -0.2) is 13.1 Å². The number of benzene rings is 2. The number of methoxy groups -OCH3 is 1. The Hall–Kier alpha value is -3.28. The number of ether oxygens (including phenoxy) is 1. The van der Waals surface area contributed by atoms with Crippen LogP contribution < -0.4 is 10.1 Å². The van der Waals surface area contributed by atoms with Crippen LogP contribution in [0.1, 0.15) is 16.2 Å². The third-order valence-corrected chi connectivity index (χ3v) is 7.49. The lowest BCUT2D eigenvalue weighted by molar-refractivity contribution is 0.102. The molecule has 3 aromatic rings. The van der Waals surface area contributed by atoms with Crippen LogP contribution in [0.15, 0.2) is 53.4 Å². The van der Waals surface area contributed by atoms with Crippen molar-refractivity contribution in [1.29, 1.82) is 0 Å². The highest BCUT2D eigenvalue weighted by atomic mass is 32.2. The van der Waals surface area contributed by atoms with E-state index in [4.69, 9.17) is 4.74 Å². The number of hydrogen-bond donors (Lipinski definition) is 1. The molecule has 0 bridgehead atoms. The lowest BCUT2D eigenvalue weighted by atomic mass is 10.2. The molecule has 0 spiro atoms. The van der Waals surface area contributed by atoms with Crippen molar-refractivity contribution in [2.75, 3.05) is 45.7 Å². The molecule has 2 heterocycles. The highest BCUT2D eigenvalue weighted by Crippen LogP contribution is 2.22. The topological polar surface area (TPSA) is 110 Å². The third kappa shape index (κ3) is 4.75. The molecule has 2 aromatic carbocycles. The zero-order chi connectivity index (χ0) is 23.6. The molecule has 174 valence electrons. The Bertz CT molecular complexity index is 1270. The Balaban J connectivity index is 1.53. The van der Waals surface area contributed by atoms with E-state index in [-0.39, 0.29) is 10.6 Å². The number of carbonyl (C=O) groups excluding carboxylic acids is 1. The van der Waals surface area contributed by atoms with Crippen molar-refractivity contribution < 1.29 is 17.9 Å². The van der Waals surface area contributed by atoms with Gasteiger partial charge in [0, 0.05) is 37.9 Å². The van der Waals surface area contributed by atoms with Crippen LogP contribution in [0.3, 0.4) is 0 Å². The fourth-order valence-corrected chi connectivity index (χ4v) is 5.10. The van der Waals surface area contributed by atoms with Crippen molar-refractivity contribution in [3.8, 4) is 11.4 Å². The molecule has 33 heavy (non-hydrogen) atoms. The number of hydrogen-bond acceptors (Lipinski definition) is 7. The van der Waals surface area contributed by atoms with E-state index in [1.54, 1.807) is 36.9 Å². The van der Waals surface area contributed by atoms with Crippen LogP contribution in [0.25, 0.3) is 5.69 Å². The molecule has 0 unspecified atom stereocenters. The second-order valence-corrected chi connectivity index (χ2v) is 9.76. The van der Waals surface area contributed by atoms with E-state index in [0.29, 0.717) is 49.0 Å². The third-order valence-electron chi connectivity index (χ3n) is 5.60. The van der Waals surface area contributed by atoms with Gasteiger partial charge in [-0.05, 0) is 44.3 Å². The summed E-state index contributed by atoms with van der Waals surface area (Å²) in [6.45, 7) is 3.96. The van der Waals surface area contributed by atoms with E-state index in [1.807, 2.05) is 25.2 Å². The summed E-state index contributed by atoms with van der Waals surface area (Å²) in [5.74, 6) is 0.183. The molecule has 4 rings (SSSR count). The molecular weight excluding hydrogens is 444 g/mol. The minimum absolute atomic E-state index is 0.140. The van der Waals surface area contributed by atoms with Crippen LogP contribution in [0, 0.1) is 6.92 Å². The summed E-state index contributed by atoms with van der Waals surface area (Å²) in [7, 11) is -0.105. The first kappa shape index (κ1) is 22.9. The van der Waals surface area contributed by atoms with Crippen LogP contribution >= 0.6 is 0 Å². The predicted octanol–water partition coefficient (Wildman–Crippen LogP) is 1.77. The van der Waals surface area contributed by atoms with Gasteiger partial charge in [-0.2, -0.15) is 4.31 Å². The normalized spacial score (nSPS) is 15.4. The summed E-state index contributed by atoms with van der Waals surface area (Å²) < 4.78 is 34.3. The quantitative estimate of drug-likeness (QED) is 0.585. The van der Waals surface area contributed by atoms with Gasteiger partial charge >= 0.3 is 0 Å². The molecule has 1 amide bonds. The van der Waals surface area contributed by atoms with Crippen LogP contribution in [0.4, 0.5) is 5.69 Å². The molecule has 0 saturated carbocycles. The van der Waals surface area contributed by atoms with Crippen molar-refractivity contribution in [3.05, 3.63) is 59.9 Å². The van der Waals surface area contributed by atoms with Crippen molar-refractivity contribution in [2.45, 2.75) is 11.8 Å². The average molecular weight is 471 g/mol. The fraction of sp³-hybridized carbons (Fsp3) is 0.318. The summed E-state index contributed by atoms with van der Waals surface area (Å²) in [5, 5.41) is 10.9. The zero-order valence-electron chi connectivity index (χ0n) is 18.7. The maximum Gasteiger partial charge on any atom is 0.278 e. The van der Waals surface area contributed by atoms with Crippen LogP contribution in [-0.4, -0.2) is 78.9 Å². The highest BCUT2D eigenvalue weighted by molar-refractivity contribution is 7.89. The van der Waals surface area contributed by atoms with Crippen molar-refractivity contribution in [1.82, 2.24) is 24.2 Å². The Kier molecular flexibility index (Phi) is 6.45. The van der Waals surface area contributed by atoms with Gasteiger partial charge in [-0.1, -0.05) is 17.3 Å². The van der Waals surface area contributed by atoms with E-state index in [1.165, 1.54) is 16.4 Å². The van der Waals surface area contributed by atoms with Crippen LogP contribution in [-0.2, 0) is 10.0 Å². The van der Waals surface area contributed by atoms with E-state index in [0.717, 1.165) is 0 Å². The Labute approximate surface area is 192 Å². The first-order valence-corrected chi connectivity index (χ1v) is 11.9. The smallest absolute Gasteiger partial charge is 0.278 e. The summed E-state index contributed by atoms with van der Waals surface area (Å²) in [6.07, 6.45) is 0. The maximum absolute atomic E-state index is 13.0. The van der Waals surface area contributed by atoms with Gasteiger partial charge in [0.25, 0.3) is 5.91 Å². The SMILES string of the molecule is COc1cccc(-n2nnc(C(=O)Nc3cccc(S(=O)(=O)N4CCN(C)CC4)c3)c2C)c1. The number of piperazine rings is 1. The molecule has 1 fully saturated rings. The molecule has 10 nitrogen and oxygen atoms in total.